The number of benzene rings is 2. The van der Waals surface area contributed by atoms with Crippen LogP contribution in [0.5, 0.6) is 5.75 Å². The number of carbonyl (C=O) groups is 2. The van der Waals surface area contributed by atoms with E-state index in [0.29, 0.717) is 11.3 Å². The number of aromatic hydroxyl groups is 1. The summed E-state index contributed by atoms with van der Waals surface area (Å²) in [6, 6.07) is 16.3. The number of hydrazine groups is 1. The molecule has 0 saturated carbocycles. The van der Waals surface area contributed by atoms with Crippen molar-refractivity contribution in [2.45, 2.75) is 23.8 Å². The van der Waals surface area contributed by atoms with Gasteiger partial charge < -0.3 is 9.84 Å². The van der Waals surface area contributed by atoms with Crippen molar-refractivity contribution in [3.05, 3.63) is 72.1 Å². The molecule has 31 heavy (non-hydrogen) atoms. The molecule has 3 aromatic rings. The van der Waals surface area contributed by atoms with Gasteiger partial charge in [-0.1, -0.05) is 30.3 Å². The van der Waals surface area contributed by atoms with Crippen LogP contribution >= 0.6 is 11.8 Å². The normalized spacial score (nSPS) is 15.5. The molecule has 1 saturated heterocycles. The Labute approximate surface area is 183 Å². The lowest BCUT2D eigenvalue weighted by Crippen LogP contribution is -2.42. The Hall–Kier alpha value is -3.30. The van der Waals surface area contributed by atoms with Gasteiger partial charge in [-0.05, 0) is 37.1 Å². The van der Waals surface area contributed by atoms with Crippen molar-refractivity contribution in [1.29, 1.82) is 0 Å². The van der Waals surface area contributed by atoms with Gasteiger partial charge in [-0.3, -0.25) is 20.4 Å². The molecule has 0 spiro atoms. The highest BCUT2D eigenvalue weighted by Gasteiger charge is 2.20. The fraction of sp³-hybridized carbons (Fsp3) is 0.227. The maximum Gasteiger partial charge on any atom is 0.294 e. The van der Waals surface area contributed by atoms with Gasteiger partial charge in [-0.15, -0.1) is 11.8 Å². The number of carbonyl (C=O) groups excluding carboxylic acids is 2. The van der Waals surface area contributed by atoms with Crippen LogP contribution in [0.25, 0.3) is 5.69 Å². The van der Waals surface area contributed by atoms with Crippen molar-refractivity contribution >= 4 is 23.6 Å². The molecule has 8 nitrogen and oxygen atoms in total. The van der Waals surface area contributed by atoms with E-state index in [1.807, 2.05) is 30.3 Å². The van der Waals surface area contributed by atoms with Crippen LogP contribution in [0.2, 0.25) is 0 Å². The third kappa shape index (κ3) is 5.07. The van der Waals surface area contributed by atoms with Crippen LogP contribution < -0.4 is 10.9 Å². The van der Waals surface area contributed by atoms with E-state index in [1.54, 1.807) is 36.0 Å². The molecule has 4 rings (SSSR count). The van der Waals surface area contributed by atoms with Crippen LogP contribution in [0.15, 0.2) is 65.7 Å². The highest BCUT2D eigenvalue weighted by molar-refractivity contribution is 7.99. The van der Waals surface area contributed by atoms with Gasteiger partial charge in [0.05, 0.1) is 23.6 Å². The number of aromatic nitrogens is 2. The van der Waals surface area contributed by atoms with Gasteiger partial charge in [0.2, 0.25) is 0 Å². The number of nitrogens with zero attached hydrogens (tertiary/aromatic N) is 2. The molecule has 1 unspecified atom stereocenters. The Bertz CT molecular complexity index is 1060. The van der Waals surface area contributed by atoms with Crippen molar-refractivity contribution in [3.8, 4) is 11.4 Å². The summed E-state index contributed by atoms with van der Waals surface area (Å²) in [5, 5.41) is 14.2. The minimum Gasteiger partial charge on any atom is -0.504 e. The fourth-order valence-corrected chi connectivity index (χ4v) is 4.34. The summed E-state index contributed by atoms with van der Waals surface area (Å²) >= 11 is 1.55. The van der Waals surface area contributed by atoms with Crippen LogP contribution in [-0.4, -0.2) is 45.2 Å². The average Bonchev–Trinajstić information content (AvgIpc) is 3.46. The molecule has 1 aromatic heterocycles. The number of hydrogen-bond donors (Lipinski definition) is 3. The first-order valence-corrected chi connectivity index (χ1v) is 10.9. The molecule has 0 bridgehead atoms. The molecule has 2 amide bonds. The summed E-state index contributed by atoms with van der Waals surface area (Å²) < 4.78 is 7.03. The maximum absolute atomic E-state index is 12.7. The Morgan fingerprint density at radius 3 is 2.61 bits per heavy atom. The summed E-state index contributed by atoms with van der Waals surface area (Å²) in [7, 11) is 0. The molecule has 1 fully saturated rings. The second-order valence-electron chi connectivity index (χ2n) is 6.99. The van der Waals surface area contributed by atoms with Crippen molar-refractivity contribution in [1.82, 2.24) is 20.6 Å². The van der Waals surface area contributed by atoms with Crippen molar-refractivity contribution < 1.29 is 19.4 Å². The lowest BCUT2D eigenvalue weighted by atomic mass is 10.2. The topological polar surface area (TPSA) is 105 Å². The highest BCUT2D eigenvalue weighted by atomic mass is 32.2. The average molecular weight is 439 g/mol. The predicted molar refractivity (Wildman–Crippen MR) is 116 cm³/mol. The molecule has 2 heterocycles. The number of thioether (sulfide) groups is 1. The molecule has 9 heteroatoms. The zero-order chi connectivity index (χ0) is 21.6. The van der Waals surface area contributed by atoms with Crippen LogP contribution in [0, 0.1) is 0 Å². The van der Waals surface area contributed by atoms with Gasteiger partial charge in [0.25, 0.3) is 11.8 Å². The molecule has 3 N–H and O–H groups in total. The first-order chi connectivity index (χ1) is 15.1. The predicted octanol–water partition coefficient (Wildman–Crippen LogP) is 2.92. The molecular formula is C22H22N4O4S. The minimum atomic E-state index is -0.718. The van der Waals surface area contributed by atoms with E-state index in [0.717, 1.165) is 30.1 Å². The number of para-hydroxylation sites is 1. The lowest BCUT2D eigenvalue weighted by molar-refractivity contribution is 0.0840. The fourth-order valence-electron chi connectivity index (χ4n) is 3.22. The van der Waals surface area contributed by atoms with E-state index < -0.39 is 11.8 Å². The van der Waals surface area contributed by atoms with E-state index in [9.17, 15) is 14.7 Å². The molecule has 0 radical (unpaired) electrons. The first kappa shape index (κ1) is 21.0. The molecule has 1 aliphatic rings. The van der Waals surface area contributed by atoms with Gasteiger partial charge in [-0.25, -0.2) is 4.68 Å². The van der Waals surface area contributed by atoms with Crippen LogP contribution in [0.3, 0.4) is 0 Å². The van der Waals surface area contributed by atoms with E-state index in [2.05, 4.69) is 16.0 Å². The summed E-state index contributed by atoms with van der Waals surface area (Å²) in [6.07, 6.45) is 3.62. The lowest BCUT2D eigenvalue weighted by Gasteiger charge is -2.12. The summed E-state index contributed by atoms with van der Waals surface area (Å²) in [5.74, 6) is -0.694. The van der Waals surface area contributed by atoms with Crippen molar-refractivity contribution in [2.24, 2.45) is 0 Å². The monoisotopic (exact) mass is 438 g/mol. The highest BCUT2D eigenvalue weighted by Crippen LogP contribution is 2.26. The number of ether oxygens (including phenoxy) is 1. The number of nitrogens with one attached hydrogen (secondary N) is 2. The minimum absolute atomic E-state index is 0.190. The number of rotatable bonds is 6. The molecule has 160 valence electrons. The molecule has 0 aliphatic carbocycles. The summed E-state index contributed by atoms with van der Waals surface area (Å²) in [6.45, 7) is 0.784. The quantitative estimate of drug-likeness (QED) is 0.404. The summed E-state index contributed by atoms with van der Waals surface area (Å²) in [4.78, 5) is 25.9. The third-order valence-electron chi connectivity index (χ3n) is 4.80. The van der Waals surface area contributed by atoms with Gasteiger partial charge in [0.15, 0.2) is 11.4 Å². The third-order valence-corrected chi connectivity index (χ3v) is 6.01. The van der Waals surface area contributed by atoms with Crippen molar-refractivity contribution in [2.75, 3.05) is 12.4 Å². The standard InChI is InChI=1S/C22H22N4O4S/c27-18-13-26(15-7-2-1-3-8-15)25-20(18)22(29)24-23-21(28)17-10-4-5-11-19(17)31-14-16-9-6-12-30-16/h1-5,7-8,10-11,13,16,27H,6,9,12,14H2,(H,23,28)(H,24,29). The SMILES string of the molecule is O=C(NNC(=O)c1nn(-c2ccccc2)cc1O)c1ccccc1SCC1CCCO1. The van der Waals surface area contributed by atoms with Gasteiger partial charge in [0, 0.05) is 17.3 Å². The van der Waals surface area contributed by atoms with E-state index >= 15 is 0 Å². The molecule has 1 aliphatic heterocycles. The van der Waals surface area contributed by atoms with Crippen molar-refractivity contribution in [3.63, 3.8) is 0 Å². The Morgan fingerprint density at radius 2 is 1.84 bits per heavy atom. The molecule has 2 aromatic carbocycles. The van der Waals surface area contributed by atoms with Crippen LogP contribution in [-0.2, 0) is 4.74 Å². The smallest absolute Gasteiger partial charge is 0.294 e. The molecule has 1 atom stereocenters. The zero-order valence-corrected chi connectivity index (χ0v) is 17.5. The Balaban J connectivity index is 1.39. The second kappa shape index (κ2) is 9.67. The van der Waals surface area contributed by atoms with Crippen LogP contribution in [0.1, 0.15) is 33.7 Å². The van der Waals surface area contributed by atoms with Gasteiger partial charge >= 0.3 is 0 Å². The molecular weight excluding hydrogens is 416 g/mol. The number of amides is 2. The van der Waals surface area contributed by atoms with E-state index in [-0.39, 0.29) is 17.5 Å². The Kier molecular flexibility index (Phi) is 6.54. The largest absolute Gasteiger partial charge is 0.504 e. The van der Waals surface area contributed by atoms with E-state index in [4.69, 9.17) is 4.74 Å². The zero-order valence-electron chi connectivity index (χ0n) is 16.7. The Morgan fingerprint density at radius 1 is 1.10 bits per heavy atom. The van der Waals surface area contributed by atoms with E-state index in [1.165, 1.54) is 10.9 Å². The van der Waals surface area contributed by atoms with Gasteiger partial charge in [0.1, 0.15) is 0 Å². The number of hydrogen-bond acceptors (Lipinski definition) is 6. The second-order valence-corrected chi connectivity index (χ2v) is 8.06. The van der Waals surface area contributed by atoms with Gasteiger partial charge in [-0.2, -0.15) is 5.10 Å². The maximum atomic E-state index is 12.7. The van der Waals surface area contributed by atoms with Crippen LogP contribution in [0.4, 0.5) is 0 Å². The first-order valence-electron chi connectivity index (χ1n) is 9.90. The summed E-state index contributed by atoms with van der Waals surface area (Å²) in [5.41, 5.74) is 5.67.